The molecule has 0 heterocycles. The lowest BCUT2D eigenvalue weighted by Crippen LogP contribution is -2.49. The van der Waals surface area contributed by atoms with E-state index in [0.717, 1.165) is 18.9 Å². The van der Waals surface area contributed by atoms with Crippen molar-refractivity contribution in [1.29, 1.82) is 0 Å². The van der Waals surface area contributed by atoms with Crippen LogP contribution in [0.25, 0.3) is 0 Å². The van der Waals surface area contributed by atoms with Gasteiger partial charge in [0.1, 0.15) is 5.60 Å². The SMILES string of the molecule is CC(O)(C=CF)C(F)(F)C1CCCc2ccccc21. The van der Waals surface area contributed by atoms with Crippen LogP contribution >= 0.6 is 0 Å². The monoisotopic (exact) mass is 270 g/mol. The minimum absolute atomic E-state index is 0.0252. The van der Waals surface area contributed by atoms with Crippen molar-refractivity contribution in [2.75, 3.05) is 0 Å². The van der Waals surface area contributed by atoms with Crippen LogP contribution in [-0.2, 0) is 6.42 Å². The minimum Gasteiger partial charge on any atom is -0.380 e. The third-order valence-electron chi connectivity index (χ3n) is 3.87. The molecule has 1 aromatic rings. The van der Waals surface area contributed by atoms with Crippen molar-refractivity contribution in [3.63, 3.8) is 0 Å². The summed E-state index contributed by atoms with van der Waals surface area (Å²) in [5.41, 5.74) is -1.04. The van der Waals surface area contributed by atoms with Crippen LogP contribution < -0.4 is 0 Å². The lowest BCUT2D eigenvalue weighted by molar-refractivity contribution is -0.163. The fourth-order valence-electron chi connectivity index (χ4n) is 2.72. The van der Waals surface area contributed by atoms with E-state index in [1.807, 2.05) is 12.1 Å². The second-order valence-corrected chi connectivity index (χ2v) is 5.21. The van der Waals surface area contributed by atoms with E-state index in [9.17, 15) is 18.3 Å². The standard InChI is InChI=1S/C15H17F3O/c1-14(19,9-10-16)15(17,18)13-8-4-6-11-5-2-3-7-12(11)13/h2-3,5,7,9-10,13,19H,4,6,8H2,1H3. The number of alkyl halides is 2. The number of benzene rings is 1. The lowest BCUT2D eigenvalue weighted by atomic mass is 9.74. The Labute approximate surface area is 110 Å². The molecule has 1 aromatic carbocycles. The van der Waals surface area contributed by atoms with Crippen molar-refractivity contribution in [3.8, 4) is 0 Å². The highest BCUT2D eigenvalue weighted by atomic mass is 19.3. The first kappa shape index (κ1) is 14.1. The quantitative estimate of drug-likeness (QED) is 0.881. The van der Waals surface area contributed by atoms with Crippen LogP contribution in [0.4, 0.5) is 13.2 Å². The first-order chi connectivity index (χ1) is 8.90. The average molecular weight is 270 g/mol. The molecule has 2 atom stereocenters. The van der Waals surface area contributed by atoms with Gasteiger partial charge < -0.3 is 5.11 Å². The van der Waals surface area contributed by atoms with Crippen LogP contribution in [0, 0.1) is 0 Å². The van der Waals surface area contributed by atoms with E-state index in [-0.39, 0.29) is 6.33 Å². The Balaban J connectivity index is 2.42. The van der Waals surface area contributed by atoms with Gasteiger partial charge in [-0.3, -0.25) is 0 Å². The highest BCUT2D eigenvalue weighted by Gasteiger charge is 2.54. The Morgan fingerprint density at radius 3 is 2.68 bits per heavy atom. The Morgan fingerprint density at radius 2 is 2.00 bits per heavy atom. The summed E-state index contributed by atoms with van der Waals surface area (Å²) in [5, 5.41) is 9.84. The fourth-order valence-corrected chi connectivity index (χ4v) is 2.72. The van der Waals surface area contributed by atoms with Gasteiger partial charge in [-0.2, -0.15) is 0 Å². The number of aliphatic hydroxyl groups is 1. The molecule has 1 nitrogen and oxygen atoms in total. The van der Waals surface area contributed by atoms with E-state index in [1.54, 1.807) is 12.1 Å². The van der Waals surface area contributed by atoms with Crippen LogP contribution in [0.3, 0.4) is 0 Å². The summed E-state index contributed by atoms with van der Waals surface area (Å²) in [6.07, 6.45) is 2.20. The zero-order valence-corrected chi connectivity index (χ0v) is 10.7. The van der Waals surface area contributed by atoms with Gasteiger partial charge >= 0.3 is 0 Å². The Kier molecular flexibility index (Phi) is 3.72. The molecule has 1 N–H and O–H groups in total. The van der Waals surface area contributed by atoms with Crippen LogP contribution in [-0.4, -0.2) is 16.6 Å². The van der Waals surface area contributed by atoms with E-state index < -0.39 is 17.4 Å². The highest BCUT2D eigenvalue weighted by molar-refractivity contribution is 5.35. The van der Waals surface area contributed by atoms with Gasteiger partial charge in [-0.15, -0.1) is 0 Å². The molecule has 0 aliphatic heterocycles. The molecule has 19 heavy (non-hydrogen) atoms. The molecule has 0 radical (unpaired) electrons. The number of hydrogen-bond acceptors (Lipinski definition) is 1. The molecule has 104 valence electrons. The van der Waals surface area contributed by atoms with Gasteiger partial charge in [-0.05, 0) is 43.4 Å². The van der Waals surface area contributed by atoms with E-state index in [1.165, 1.54) is 0 Å². The zero-order valence-electron chi connectivity index (χ0n) is 10.7. The minimum atomic E-state index is -3.41. The maximum Gasteiger partial charge on any atom is 0.286 e. The van der Waals surface area contributed by atoms with Crippen molar-refractivity contribution >= 4 is 0 Å². The van der Waals surface area contributed by atoms with Crippen LogP contribution in [0.15, 0.2) is 36.7 Å². The fraction of sp³-hybridized carbons (Fsp3) is 0.467. The maximum absolute atomic E-state index is 14.5. The number of hydrogen-bond donors (Lipinski definition) is 1. The molecular formula is C15H17F3O. The van der Waals surface area contributed by atoms with Crippen molar-refractivity contribution in [2.24, 2.45) is 0 Å². The maximum atomic E-state index is 14.5. The van der Waals surface area contributed by atoms with Gasteiger partial charge in [-0.1, -0.05) is 24.3 Å². The Bertz CT molecular complexity index is 480. The molecule has 2 unspecified atom stereocenters. The summed E-state index contributed by atoms with van der Waals surface area (Å²) in [7, 11) is 0. The lowest BCUT2D eigenvalue weighted by Gasteiger charge is -2.39. The molecule has 0 spiro atoms. The third-order valence-corrected chi connectivity index (χ3v) is 3.87. The number of aryl methyl sites for hydroxylation is 1. The molecule has 2 rings (SSSR count). The number of rotatable bonds is 3. The summed E-state index contributed by atoms with van der Waals surface area (Å²) < 4.78 is 41.2. The van der Waals surface area contributed by atoms with Gasteiger partial charge in [0.05, 0.1) is 12.2 Å². The average Bonchev–Trinajstić information content (AvgIpc) is 2.37. The van der Waals surface area contributed by atoms with Gasteiger partial charge in [0, 0.05) is 0 Å². The van der Waals surface area contributed by atoms with E-state index in [2.05, 4.69) is 0 Å². The first-order valence-corrected chi connectivity index (χ1v) is 6.36. The van der Waals surface area contributed by atoms with Crippen LogP contribution in [0.2, 0.25) is 0 Å². The van der Waals surface area contributed by atoms with E-state index >= 15 is 0 Å². The summed E-state index contributed by atoms with van der Waals surface area (Å²) >= 11 is 0. The first-order valence-electron chi connectivity index (χ1n) is 6.36. The normalized spacial score (nSPS) is 23.1. The predicted octanol–water partition coefficient (Wildman–Crippen LogP) is 3.98. The molecule has 0 amide bonds. The van der Waals surface area contributed by atoms with Gasteiger partial charge in [0.25, 0.3) is 5.92 Å². The molecule has 0 bridgehead atoms. The molecule has 0 saturated carbocycles. The second kappa shape index (κ2) is 5.00. The largest absolute Gasteiger partial charge is 0.380 e. The van der Waals surface area contributed by atoms with Crippen molar-refractivity contribution < 1.29 is 18.3 Å². The van der Waals surface area contributed by atoms with Crippen molar-refractivity contribution in [2.45, 2.75) is 43.6 Å². The molecule has 4 heteroatoms. The molecule has 1 aliphatic rings. The van der Waals surface area contributed by atoms with E-state index in [0.29, 0.717) is 24.5 Å². The van der Waals surface area contributed by atoms with Gasteiger partial charge in [0.2, 0.25) is 0 Å². The van der Waals surface area contributed by atoms with Crippen LogP contribution in [0.5, 0.6) is 0 Å². The summed E-state index contributed by atoms with van der Waals surface area (Å²) in [5.74, 6) is -4.49. The van der Waals surface area contributed by atoms with Gasteiger partial charge in [-0.25, -0.2) is 13.2 Å². The topological polar surface area (TPSA) is 20.2 Å². The molecule has 1 aliphatic carbocycles. The molecule has 0 fully saturated rings. The smallest absolute Gasteiger partial charge is 0.286 e. The predicted molar refractivity (Wildman–Crippen MR) is 67.9 cm³/mol. The third kappa shape index (κ3) is 2.41. The van der Waals surface area contributed by atoms with Gasteiger partial charge in [0.15, 0.2) is 0 Å². The van der Waals surface area contributed by atoms with E-state index in [4.69, 9.17) is 0 Å². The molecular weight excluding hydrogens is 253 g/mol. The van der Waals surface area contributed by atoms with Crippen LogP contribution in [0.1, 0.15) is 36.8 Å². The highest BCUT2D eigenvalue weighted by Crippen LogP contribution is 2.47. The molecule has 0 saturated heterocycles. The Hall–Kier alpha value is -1.29. The summed E-state index contributed by atoms with van der Waals surface area (Å²) in [6, 6.07) is 7.03. The number of halogens is 3. The zero-order chi connectivity index (χ0) is 14.1. The Morgan fingerprint density at radius 1 is 1.32 bits per heavy atom. The number of fused-ring (bicyclic) bond motifs is 1. The molecule has 0 aromatic heterocycles. The second-order valence-electron chi connectivity index (χ2n) is 5.21. The van der Waals surface area contributed by atoms with Crippen molar-refractivity contribution in [1.82, 2.24) is 0 Å². The summed E-state index contributed by atoms with van der Waals surface area (Å²) in [4.78, 5) is 0. The van der Waals surface area contributed by atoms with Crippen molar-refractivity contribution in [3.05, 3.63) is 47.8 Å². The summed E-state index contributed by atoms with van der Waals surface area (Å²) in [6.45, 7) is 0.945.